The summed E-state index contributed by atoms with van der Waals surface area (Å²) in [6.45, 7) is 0. The van der Waals surface area contributed by atoms with Crippen molar-refractivity contribution in [1.82, 2.24) is 0 Å². The van der Waals surface area contributed by atoms with Crippen LogP contribution in [0.3, 0.4) is 0 Å². The normalized spacial score (nSPS) is 14.2. The minimum absolute atomic E-state index is 0.0319. The molecule has 4 heteroatoms. The van der Waals surface area contributed by atoms with E-state index in [-0.39, 0.29) is 11.3 Å². The lowest BCUT2D eigenvalue weighted by atomic mass is 9.89. The lowest BCUT2D eigenvalue weighted by Crippen LogP contribution is -2.08. The topological polar surface area (TPSA) is 97.4 Å². The molecule has 80 valence electrons. The first-order chi connectivity index (χ1) is 7.74. The Morgan fingerprint density at radius 1 is 0.938 bits per heavy atom. The number of hydrogen-bond acceptors (Lipinski definition) is 4. The van der Waals surface area contributed by atoms with E-state index in [1.54, 1.807) is 12.1 Å². The molecule has 1 aliphatic carbocycles. The van der Waals surface area contributed by atoms with Gasteiger partial charge in [0.05, 0.1) is 11.3 Å². The third-order valence-electron chi connectivity index (χ3n) is 2.68. The van der Waals surface area contributed by atoms with Gasteiger partial charge in [-0.3, -0.25) is 0 Å². The van der Waals surface area contributed by atoms with Gasteiger partial charge in [0.1, 0.15) is 18.2 Å². The van der Waals surface area contributed by atoms with E-state index in [9.17, 15) is 0 Å². The summed E-state index contributed by atoms with van der Waals surface area (Å²) < 4.78 is 0. The maximum absolute atomic E-state index is 9.05. The van der Waals surface area contributed by atoms with Crippen molar-refractivity contribution in [2.24, 2.45) is 5.73 Å². The van der Waals surface area contributed by atoms with E-state index in [2.05, 4.69) is 0 Å². The SMILES string of the molecule is N#CC(C#N)=C(N)C(C#N)=C1CCCCC1. The smallest absolute Gasteiger partial charge is 0.153 e. The lowest BCUT2D eigenvalue weighted by molar-refractivity contribution is 0.596. The molecule has 0 amide bonds. The standard InChI is InChI=1S/C12H12N4/c13-6-10(7-14)12(16)11(8-15)9-4-2-1-3-5-9/h1-5,16H2. The third kappa shape index (κ3) is 2.41. The summed E-state index contributed by atoms with van der Waals surface area (Å²) in [4.78, 5) is 0. The molecule has 0 aliphatic heterocycles. The van der Waals surface area contributed by atoms with E-state index in [1.807, 2.05) is 6.07 Å². The van der Waals surface area contributed by atoms with Gasteiger partial charge in [0.15, 0.2) is 5.57 Å². The summed E-state index contributed by atoms with van der Waals surface area (Å²) in [5.74, 6) is 0. The Morgan fingerprint density at radius 3 is 1.94 bits per heavy atom. The molecule has 0 heterocycles. The Bertz CT molecular complexity index is 439. The molecule has 0 radical (unpaired) electrons. The zero-order valence-electron chi connectivity index (χ0n) is 8.95. The van der Waals surface area contributed by atoms with Gasteiger partial charge < -0.3 is 5.73 Å². The van der Waals surface area contributed by atoms with Gasteiger partial charge in [-0.1, -0.05) is 12.0 Å². The monoisotopic (exact) mass is 212 g/mol. The summed E-state index contributed by atoms with van der Waals surface area (Å²) in [5, 5.41) is 26.4. The summed E-state index contributed by atoms with van der Waals surface area (Å²) >= 11 is 0. The summed E-state index contributed by atoms with van der Waals surface area (Å²) in [6, 6.07) is 5.44. The Hall–Kier alpha value is -2.25. The fraction of sp³-hybridized carbons (Fsp3) is 0.417. The minimum Gasteiger partial charge on any atom is -0.396 e. The van der Waals surface area contributed by atoms with Gasteiger partial charge in [0.2, 0.25) is 0 Å². The molecule has 1 fully saturated rings. The van der Waals surface area contributed by atoms with Gasteiger partial charge >= 0.3 is 0 Å². The molecule has 0 aromatic heterocycles. The van der Waals surface area contributed by atoms with Crippen molar-refractivity contribution < 1.29 is 0 Å². The molecule has 2 N–H and O–H groups in total. The molecule has 0 saturated heterocycles. The van der Waals surface area contributed by atoms with E-state index < -0.39 is 0 Å². The number of rotatable bonds is 1. The highest BCUT2D eigenvalue weighted by Crippen LogP contribution is 2.28. The predicted molar refractivity (Wildman–Crippen MR) is 58.2 cm³/mol. The molecule has 4 nitrogen and oxygen atoms in total. The van der Waals surface area contributed by atoms with E-state index in [0.717, 1.165) is 37.7 Å². The van der Waals surface area contributed by atoms with Crippen molar-refractivity contribution in [1.29, 1.82) is 15.8 Å². The van der Waals surface area contributed by atoms with E-state index in [1.165, 1.54) is 0 Å². The zero-order chi connectivity index (χ0) is 12.0. The van der Waals surface area contributed by atoms with Crippen LogP contribution < -0.4 is 5.73 Å². The average molecular weight is 212 g/mol. The largest absolute Gasteiger partial charge is 0.396 e. The quantitative estimate of drug-likeness (QED) is 0.672. The fourth-order valence-electron chi connectivity index (χ4n) is 1.83. The molecule has 1 saturated carbocycles. The Balaban J connectivity index is 3.19. The molecule has 0 spiro atoms. The highest BCUT2D eigenvalue weighted by Gasteiger charge is 2.15. The first-order valence-corrected chi connectivity index (χ1v) is 5.17. The van der Waals surface area contributed by atoms with Crippen LogP contribution in [-0.4, -0.2) is 0 Å². The molecule has 0 unspecified atom stereocenters. The van der Waals surface area contributed by atoms with Crippen LogP contribution >= 0.6 is 0 Å². The van der Waals surface area contributed by atoms with Crippen molar-refractivity contribution in [2.45, 2.75) is 32.1 Å². The minimum atomic E-state index is -0.172. The maximum atomic E-state index is 9.05. The second-order valence-electron chi connectivity index (χ2n) is 3.66. The van der Waals surface area contributed by atoms with Crippen LogP contribution in [0.5, 0.6) is 0 Å². The van der Waals surface area contributed by atoms with E-state index >= 15 is 0 Å². The molecular weight excluding hydrogens is 200 g/mol. The number of nitriles is 3. The van der Waals surface area contributed by atoms with Crippen LogP contribution in [-0.2, 0) is 0 Å². The van der Waals surface area contributed by atoms with Crippen molar-refractivity contribution in [3.05, 3.63) is 22.4 Å². The van der Waals surface area contributed by atoms with Crippen molar-refractivity contribution in [3.63, 3.8) is 0 Å². The maximum Gasteiger partial charge on any atom is 0.153 e. The van der Waals surface area contributed by atoms with Crippen molar-refractivity contribution in [3.8, 4) is 18.2 Å². The van der Waals surface area contributed by atoms with Gasteiger partial charge in [0, 0.05) is 0 Å². The van der Waals surface area contributed by atoms with Gasteiger partial charge in [-0.05, 0) is 25.7 Å². The number of nitrogens with two attached hydrogens (primary N) is 1. The summed E-state index contributed by atoms with van der Waals surface area (Å²) in [5.41, 5.74) is 6.85. The second-order valence-corrected chi connectivity index (χ2v) is 3.66. The molecule has 1 rings (SSSR count). The Morgan fingerprint density at radius 2 is 1.50 bits per heavy atom. The first-order valence-electron chi connectivity index (χ1n) is 5.17. The van der Waals surface area contributed by atoms with Crippen LogP contribution in [0.2, 0.25) is 0 Å². The van der Waals surface area contributed by atoms with Crippen molar-refractivity contribution in [2.75, 3.05) is 0 Å². The van der Waals surface area contributed by atoms with Gasteiger partial charge in [-0.15, -0.1) is 0 Å². The van der Waals surface area contributed by atoms with Crippen LogP contribution in [0.25, 0.3) is 0 Å². The van der Waals surface area contributed by atoms with Crippen LogP contribution in [0.1, 0.15) is 32.1 Å². The average Bonchev–Trinajstić information content (AvgIpc) is 2.33. The third-order valence-corrected chi connectivity index (χ3v) is 2.68. The van der Waals surface area contributed by atoms with Gasteiger partial charge in [-0.2, -0.15) is 15.8 Å². The van der Waals surface area contributed by atoms with Crippen LogP contribution in [0.4, 0.5) is 0 Å². The molecular formula is C12H12N4. The first kappa shape index (κ1) is 11.8. The second kappa shape index (κ2) is 5.59. The van der Waals surface area contributed by atoms with Crippen molar-refractivity contribution >= 4 is 0 Å². The molecule has 1 aliphatic rings. The Labute approximate surface area is 94.9 Å². The Kier molecular flexibility index (Phi) is 4.13. The molecule has 0 atom stereocenters. The molecule has 0 bridgehead atoms. The van der Waals surface area contributed by atoms with Crippen LogP contribution in [0.15, 0.2) is 22.4 Å². The van der Waals surface area contributed by atoms with Gasteiger partial charge in [-0.25, -0.2) is 0 Å². The number of hydrogen-bond donors (Lipinski definition) is 1. The highest BCUT2D eigenvalue weighted by atomic mass is 14.6. The molecule has 0 aromatic carbocycles. The summed E-state index contributed by atoms with van der Waals surface area (Å²) in [6.07, 6.45) is 4.93. The number of nitrogens with zero attached hydrogens (tertiary/aromatic N) is 3. The van der Waals surface area contributed by atoms with E-state index in [4.69, 9.17) is 21.5 Å². The summed E-state index contributed by atoms with van der Waals surface area (Å²) in [7, 11) is 0. The predicted octanol–water partition coefficient (Wildman–Crippen LogP) is 2.03. The zero-order valence-corrected chi connectivity index (χ0v) is 8.95. The fourth-order valence-corrected chi connectivity index (χ4v) is 1.83. The lowest BCUT2D eigenvalue weighted by Gasteiger charge is -2.15. The van der Waals surface area contributed by atoms with Gasteiger partial charge in [0.25, 0.3) is 0 Å². The van der Waals surface area contributed by atoms with E-state index in [0.29, 0.717) is 5.57 Å². The number of allylic oxidation sites excluding steroid dienone is 3. The highest BCUT2D eigenvalue weighted by molar-refractivity contribution is 5.54. The molecule has 0 aromatic rings. The van der Waals surface area contributed by atoms with Crippen LogP contribution in [0, 0.1) is 34.0 Å². The molecule has 16 heavy (non-hydrogen) atoms.